The van der Waals surface area contributed by atoms with Crippen molar-refractivity contribution in [1.82, 2.24) is 14.8 Å². The van der Waals surface area contributed by atoms with Gasteiger partial charge in [0.2, 0.25) is 0 Å². The third kappa shape index (κ3) is 5.25. The molecule has 1 N–H and O–H groups in total. The van der Waals surface area contributed by atoms with E-state index in [1.165, 1.54) is 27.8 Å². The topological polar surface area (TPSA) is 97.7 Å². The van der Waals surface area contributed by atoms with Crippen molar-refractivity contribution in [2.24, 2.45) is 0 Å². The number of allylic oxidation sites excluding steroid dienone is 1. The molecule has 0 fully saturated rings. The van der Waals surface area contributed by atoms with Gasteiger partial charge in [0.25, 0.3) is 11.8 Å². The number of hydrogen-bond acceptors (Lipinski definition) is 5. The highest BCUT2D eigenvalue weighted by Gasteiger charge is 2.42. The van der Waals surface area contributed by atoms with Crippen LogP contribution in [0, 0.1) is 11.6 Å². The van der Waals surface area contributed by atoms with Crippen molar-refractivity contribution in [2.45, 2.75) is 57.5 Å². The average Bonchev–Trinajstić information content (AvgIpc) is 2.97. The number of benzene rings is 1. The Kier molecular flexibility index (Phi) is 7.28. The highest BCUT2D eigenvalue weighted by molar-refractivity contribution is 6.74. The van der Waals surface area contributed by atoms with Crippen LogP contribution in [-0.2, 0) is 15.8 Å². The fraction of sp³-hybridized carbons (Fsp3) is 0.407. The number of hydrogen-bond donors (Lipinski definition) is 1. The maximum absolute atomic E-state index is 13.9. The van der Waals surface area contributed by atoms with Crippen LogP contribution in [0.5, 0.6) is 0 Å². The number of amides is 2. The summed E-state index contributed by atoms with van der Waals surface area (Å²) in [6, 6.07) is 2.70. The first-order valence-electron chi connectivity index (χ1n) is 12.3. The summed E-state index contributed by atoms with van der Waals surface area (Å²) in [5.41, 5.74) is -0.965. The summed E-state index contributed by atoms with van der Waals surface area (Å²) in [5.74, 6) is -3.11. The Balaban J connectivity index is 1.59. The van der Waals surface area contributed by atoms with Crippen molar-refractivity contribution >= 4 is 25.9 Å². The standard InChI is InChI=1S/C27H31F2N3O5Si/c1-27(2,3)38(4,5)37-15-18-8-9-23(33)22-14-31(18)26(36)21-11-24(34)19(13-32(21)22)25(35)30-12-16-6-7-17(28)10-20(16)29/h6-11,13,18,22H,12,14-15H2,1-5H3,(H,30,35). The molecule has 1 aromatic carbocycles. The van der Waals surface area contributed by atoms with Gasteiger partial charge in [-0.05, 0) is 30.3 Å². The first kappa shape index (κ1) is 27.6. The minimum atomic E-state index is -2.12. The second-order valence-corrected chi connectivity index (χ2v) is 15.9. The highest BCUT2D eigenvalue weighted by Crippen LogP contribution is 2.37. The predicted octanol–water partition coefficient (Wildman–Crippen LogP) is 3.58. The molecule has 0 spiro atoms. The molecule has 4 rings (SSSR count). The van der Waals surface area contributed by atoms with Crippen molar-refractivity contribution in [2.75, 3.05) is 13.2 Å². The maximum atomic E-state index is 13.9. The molecule has 0 saturated heterocycles. The van der Waals surface area contributed by atoms with Gasteiger partial charge in [-0.1, -0.05) is 32.9 Å². The van der Waals surface area contributed by atoms with Crippen molar-refractivity contribution in [3.8, 4) is 0 Å². The van der Waals surface area contributed by atoms with Gasteiger partial charge in [0.1, 0.15) is 28.9 Å². The van der Waals surface area contributed by atoms with Gasteiger partial charge in [-0.3, -0.25) is 19.2 Å². The normalized spacial score (nSPS) is 19.3. The first-order chi connectivity index (χ1) is 17.7. The number of rotatable bonds is 6. The van der Waals surface area contributed by atoms with Crippen LogP contribution in [0.25, 0.3) is 0 Å². The number of carbonyl (C=O) groups excluding carboxylic acids is 3. The fourth-order valence-electron chi connectivity index (χ4n) is 4.18. The molecule has 2 bridgehead atoms. The second-order valence-electron chi connectivity index (χ2n) is 11.1. The Hall–Kier alpha value is -3.44. The van der Waals surface area contributed by atoms with Crippen LogP contribution in [0.15, 0.2) is 47.4 Å². The van der Waals surface area contributed by atoms with Gasteiger partial charge in [0.15, 0.2) is 19.5 Å². The van der Waals surface area contributed by atoms with E-state index in [1.807, 2.05) is 0 Å². The SMILES string of the molecule is CC(C)(C)[Si](C)(C)OCC1C=CC(=O)C2CN1C(=O)c1cc(=O)c(C(=O)NCc3ccc(F)cc3F)cn12. The van der Waals surface area contributed by atoms with E-state index in [-0.39, 0.29) is 47.3 Å². The molecule has 0 saturated carbocycles. The van der Waals surface area contributed by atoms with E-state index < -0.39 is 49.3 Å². The van der Waals surface area contributed by atoms with Crippen LogP contribution in [0.1, 0.15) is 53.2 Å². The van der Waals surface area contributed by atoms with E-state index in [9.17, 15) is 28.0 Å². The summed E-state index contributed by atoms with van der Waals surface area (Å²) < 4.78 is 34.8. The smallest absolute Gasteiger partial charge is 0.271 e. The molecule has 1 aromatic heterocycles. The first-order valence-corrected chi connectivity index (χ1v) is 15.3. The second kappa shape index (κ2) is 10.0. The summed E-state index contributed by atoms with van der Waals surface area (Å²) in [7, 11) is -2.12. The molecule has 2 unspecified atom stereocenters. The van der Waals surface area contributed by atoms with E-state index in [1.54, 1.807) is 6.08 Å². The predicted molar refractivity (Wildman–Crippen MR) is 139 cm³/mol. The number of ketones is 1. The van der Waals surface area contributed by atoms with Crippen molar-refractivity contribution in [3.63, 3.8) is 0 Å². The van der Waals surface area contributed by atoms with E-state index in [0.29, 0.717) is 6.07 Å². The molecule has 2 aliphatic heterocycles. The van der Waals surface area contributed by atoms with Gasteiger partial charge >= 0.3 is 0 Å². The van der Waals surface area contributed by atoms with Crippen molar-refractivity contribution < 1.29 is 27.6 Å². The third-order valence-corrected chi connectivity index (χ3v) is 12.1. The highest BCUT2D eigenvalue weighted by atomic mass is 28.4. The van der Waals surface area contributed by atoms with Gasteiger partial charge in [-0.2, -0.15) is 0 Å². The molecule has 38 heavy (non-hydrogen) atoms. The van der Waals surface area contributed by atoms with Crippen LogP contribution >= 0.6 is 0 Å². The van der Waals surface area contributed by atoms with Crippen LogP contribution in [0.2, 0.25) is 18.1 Å². The lowest BCUT2D eigenvalue weighted by molar-refractivity contribution is -0.118. The van der Waals surface area contributed by atoms with Gasteiger partial charge in [0, 0.05) is 37.0 Å². The Bertz CT molecular complexity index is 1400. The molecule has 2 aliphatic rings. The van der Waals surface area contributed by atoms with Crippen molar-refractivity contribution in [1.29, 1.82) is 0 Å². The average molecular weight is 544 g/mol. The Labute approximate surface area is 220 Å². The van der Waals surface area contributed by atoms with E-state index >= 15 is 0 Å². The van der Waals surface area contributed by atoms with Gasteiger partial charge in [-0.15, -0.1) is 0 Å². The van der Waals surface area contributed by atoms with Gasteiger partial charge < -0.3 is 19.2 Å². The van der Waals surface area contributed by atoms with E-state index in [4.69, 9.17) is 4.43 Å². The minimum Gasteiger partial charge on any atom is -0.414 e. The molecule has 11 heteroatoms. The van der Waals surface area contributed by atoms with Crippen LogP contribution < -0.4 is 10.7 Å². The summed E-state index contributed by atoms with van der Waals surface area (Å²) in [4.78, 5) is 53.6. The molecule has 2 aromatic rings. The largest absolute Gasteiger partial charge is 0.414 e. The van der Waals surface area contributed by atoms with Crippen LogP contribution in [0.4, 0.5) is 8.78 Å². The molecule has 202 valence electrons. The number of pyridine rings is 1. The molecular weight excluding hydrogens is 512 g/mol. The monoisotopic (exact) mass is 543 g/mol. The lowest BCUT2D eigenvalue weighted by atomic mass is 10.1. The summed E-state index contributed by atoms with van der Waals surface area (Å²) in [6.45, 7) is 10.6. The number of carbonyl (C=O) groups is 3. The quantitative estimate of drug-likeness (QED) is 0.562. The number of halogens is 2. The molecular formula is C27H31F2N3O5Si. The molecule has 8 nitrogen and oxygen atoms in total. The minimum absolute atomic E-state index is 0.00163. The van der Waals surface area contributed by atoms with Gasteiger partial charge in [0.05, 0.1) is 12.6 Å². The lowest BCUT2D eigenvalue weighted by Crippen LogP contribution is -2.52. The third-order valence-electron chi connectivity index (χ3n) is 7.60. The Morgan fingerprint density at radius 2 is 1.87 bits per heavy atom. The number of fused-ring (bicyclic) bond motifs is 4. The molecule has 0 aliphatic carbocycles. The summed E-state index contributed by atoms with van der Waals surface area (Å²) in [6.07, 6.45) is 4.27. The van der Waals surface area contributed by atoms with E-state index in [0.717, 1.165) is 12.1 Å². The number of nitrogens with one attached hydrogen (secondary N) is 1. The number of nitrogens with zero attached hydrogens (tertiary/aromatic N) is 2. The zero-order valence-corrected chi connectivity index (χ0v) is 23.0. The molecule has 3 heterocycles. The molecule has 0 radical (unpaired) electrons. The van der Waals surface area contributed by atoms with Crippen LogP contribution in [0.3, 0.4) is 0 Å². The molecule has 2 atom stereocenters. The summed E-state index contributed by atoms with van der Waals surface area (Å²) in [5, 5.41) is 2.41. The lowest BCUT2D eigenvalue weighted by Gasteiger charge is -2.40. The number of aromatic nitrogens is 1. The Morgan fingerprint density at radius 3 is 2.53 bits per heavy atom. The summed E-state index contributed by atoms with van der Waals surface area (Å²) >= 11 is 0. The maximum Gasteiger partial charge on any atom is 0.271 e. The van der Waals surface area contributed by atoms with E-state index in [2.05, 4.69) is 39.2 Å². The van der Waals surface area contributed by atoms with Gasteiger partial charge in [-0.25, -0.2) is 8.78 Å². The zero-order valence-electron chi connectivity index (χ0n) is 22.0. The van der Waals surface area contributed by atoms with Crippen molar-refractivity contribution in [3.05, 3.63) is 81.3 Å². The Morgan fingerprint density at radius 1 is 1.16 bits per heavy atom. The fourth-order valence-corrected chi connectivity index (χ4v) is 5.20. The zero-order chi connectivity index (χ0) is 28.0. The van der Waals surface area contributed by atoms with Crippen LogP contribution in [-0.4, -0.2) is 54.6 Å². The molecule has 2 amide bonds.